The summed E-state index contributed by atoms with van der Waals surface area (Å²) in [5.41, 5.74) is 10.5. The van der Waals surface area contributed by atoms with Gasteiger partial charge in [0.1, 0.15) is 22.3 Å². The number of furan rings is 2. The standard InChI is InChI=1S/C46H26N2O2/c1-5-13-37-29(9-1)30-10-2-6-14-38(30)47(37)27-17-21-41-35(25-27)45-33-19-24-44-46(34(33)20-23-43(45)49-41)36-26-28(18-22-42(36)50-44)48-39-15-7-3-11-31(39)32-12-4-8-16-40(32)48/h1-26H. The van der Waals surface area contributed by atoms with Crippen LogP contribution < -0.4 is 0 Å². The van der Waals surface area contributed by atoms with Gasteiger partial charge in [-0.15, -0.1) is 0 Å². The van der Waals surface area contributed by atoms with Gasteiger partial charge in [-0.2, -0.15) is 0 Å². The summed E-state index contributed by atoms with van der Waals surface area (Å²) in [5, 5.41) is 11.7. The zero-order valence-electron chi connectivity index (χ0n) is 26.7. The van der Waals surface area contributed by atoms with Crippen LogP contribution in [0.2, 0.25) is 0 Å². The van der Waals surface area contributed by atoms with E-state index in [4.69, 9.17) is 8.83 Å². The van der Waals surface area contributed by atoms with Crippen molar-refractivity contribution >= 4 is 98.3 Å². The smallest absolute Gasteiger partial charge is 0.136 e. The van der Waals surface area contributed by atoms with Crippen molar-refractivity contribution in [3.63, 3.8) is 0 Å². The van der Waals surface area contributed by atoms with Crippen LogP contribution in [0.4, 0.5) is 0 Å². The Hall–Kier alpha value is -6.78. The van der Waals surface area contributed by atoms with Gasteiger partial charge in [0, 0.05) is 54.5 Å². The van der Waals surface area contributed by atoms with Gasteiger partial charge in [0.15, 0.2) is 0 Å². The molecule has 0 aliphatic carbocycles. The van der Waals surface area contributed by atoms with Gasteiger partial charge >= 0.3 is 0 Å². The number of hydrogen-bond donors (Lipinski definition) is 0. The lowest BCUT2D eigenvalue weighted by Gasteiger charge is -2.08. The van der Waals surface area contributed by atoms with Gasteiger partial charge in [0.25, 0.3) is 0 Å². The predicted octanol–water partition coefficient (Wildman–Crippen LogP) is 12.8. The van der Waals surface area contributed by atoms with Crippen LogP contribution in [-0.4, -0.2) is 9.13 Å². The summed E-state index contributed by atoms with van der Waals surface area (Å²) >= 11 is 0. The molecule has 0 bridgehead atoms. The van der Waals surface area contributed by atoms with E-state index in [1.165, 1.54) is 43.6 Å². The van der Waals surface area contributed by atoms with Gasteiger partial charge in [-0.3, -0.25) is 0 Å². The molecule has 0 radical (unpaired) electrons. The highest BCUT2D eigenvalue weighted by Gasteiger charge is 2.19. The predicted molar refractivity (Wildman–Crippen MR) is 207 cm³/mol. The van der Waals surface area contributed by atoms with Crippen molar-refractivity contribution < 1.29 is 8.83 Å². The second kappa shape index (κ2) is 9.43. The molecular weight excluding hydrogens is 613 g/mol. The molecule has 0 aliphatic heterocycles. The molecular formula is C46H26N2O2. The van der Waals surface area contributed by atoms with E-state index in [0.717, 1.165) is 66.0 Å². The summed E-state index contributed by atoms with van der Waals surface area (Å²) in [7, 11) is 0. The van der Waals surface area contributed by atoms with Crippen LogP contribution in [0.25, 0.3) is 110 Å². The van der Waals surface area contributed by atoms with E-state index in [-0.39, 0.29) is 0 Å². The molecule has 0 fully saturated rings. The minimum atomic E-state index is 0.878. The van der Waals surface area contributed by atoms with Crippen molar-refractivity contribution in [2.45, 2.75) is 0 Å². The molecule has 12 aromatic rings. The van der Waals surface area contributed by atoms with Crippen molar-refractivity contribution in [2.24, 2.45) is 0 Å². The zero-order valence-corrected chi connectivity index (χ0v) is 26.7. The van der Waals surface area contributed by atoms with E-state index < -0.39 is 0 Å². The van der Waals surface area contributed by atoms with E-state index in [1.807, 2.05) is 0 Å². The Morgan fingerprint density at radius 2 is 0.620 bits per heavy atom. The van der Waals surface area contributed by atoms with Crippen molar-refractivity contribution in [3.8, 4) is 11.4 Å². The average Bonchev–Trinajstić information content (AvgIpc) is 3.92. The van der Waals surface area contributed by atoms with Crippen LogP contribution >= 0.6 is 0 Å². The number of benzene rings is 8. The van der Waals surface area contributed by atoms with Gasteiger partial charge in [-0.25, -0.2) is 0 Å². The van der Waals surface area contributed by atoms with Crippen molar-refractivity contribution in [2.75, 3.05) is 0 Å². The van der Waals surface area contributed by atoms with Gasteiger partial charge in [0.05, 0.1) is 22.1 Å². The van der Waals surface area contributed by atoms with E-state index >= 15 is 0 Å². The van der Waals surface area contributed by atoms with Crippen LogP contribution in [-0.2, 0) is 0 Å². The molecule has 4 heterocycles. The highest BCUT2D eigenvalue weighted by molar-refractivity contribution is 6.28. The zero-order chi connectivity index (χ0) is 32.5. The third-order valence-electron chi connectivity index (χ3n) is 10.7. The van der Waals surface area contributed by atoms with E-state index in [2.05, 4.69) is 167 Å². The summed E-state index contributed by atoms with van der Waals surface area (Å²) in [6, 6.07) is 56.3. The Morgan fingerprint density at radius 1 is 0.280 bits per heavy atom. The summed E-state index contributed by atoms with van der Waals surface area (Å²) in [6.45, 7) is 0. The lowest BCUT2D eigenvalue weighted by atomic mass is 9.99. The van der Waals surface area contributed by atoms with Crippen LogP contribution in [0.1, 0.15) is 0 Å². The third-order valence-corrected chi connectivity index (χ3v) is 10.7. The van der Waals surface area contributed by atoms with Gasteiger partial charge in [0.2, 0.25) is 0 Å². The normalized spacial score (nSPS) is 12.4. The maximum atomic E-state index is 6.50. The monoisotopic (exact) mass is 638 g/mol. The SMILES string of the molecule is c1ccc2c(c1)c1ccccc1n2-c1ccc2oc3ccc4c(ccc5oc6ccc(-n7c8ccccc8c8ccccc87)cc6c54)c3c2c1. The largest absolute Gasteiger partial charge is 0.456 e. The second-order valence-corrected chi connectivity index (χ2v) is 13.3. The first kappa shape index (κ1) is 26.2. The van der Waals surface area contributed by atoms with Crippen LogP contribution in [0, 0.1) is 0 Å². The number of hydrogen-bond acceptors (Lipinski definition) is 2. The molecule has 0 unspecified atom stereocenters. The first-order valence-electron chi connectivity index (χ1n) is 17.0. The molecule has 0 aliphatic rings. The van der Waals surface area contributed by atoms with Gasteiger partial charge in [-0.1, -0.05) is 72.8 Å². The first-order chi connectivity index (χ1) is 24.8. The highest BCUT2D eigenvalue weighted by atomic mass is 16.3. The number of para-hydroxylation sites is 4. The highest BCUT2D eigenvalue weighted by Crippen LogP contribution is 2.43. The quantitative estimate of drug-likeness (QED) is 0.189. The molecule has 0 spiro atoms. The lowest BCUT2D eigenvalue weighted by molar-refractivity contribution is 0.668. The van der Waals surface area contributed by atoms with E-state index in [1.54, 1.807) is 0 Å². The molecule has 50 heavy (non-hydrogen) atoms. The molecule has 0 saturated heterocycles. The molecule has 0 N–H and O–H groups in total. The molecule has 4 heteroatoms. The molecule has 0 atom stereocenters. The second-order valence-electron chi connectivity index (χ2n) is 13.3. The average molecular weight is 639 g/mol. The minimum Gasteiger partial charge on any atom is -0.456 e. The summed E-state index contributed by atoms with van der Waals surface area (Å²) < 4.78 is 17.7. The summed E-state index contributed by atoms with van der Waals surface area (Å²) in [4.78, 5) is 0. The minimum absolute atomic E-state index is 0.878. The van der Waals surface area contributed by atoms with Crippen LogP contribution in [0.15, 0.2) is 167 Å². The van der Waals surface area contributed by atoms with Crippen molar-refractivity contribution in [3.05, 3.63) is 158 Å². The number of fused-ring (bicyclic) bond motifs is 15. The topological polar surface area (TPSA) is 36.1 Å². The van der Waals surface area contributed by atoms with Crippen LogP contribution in [0.3, 0.4) is 0 Å². The first-order valence-corrected chi connectivity index (χ1v) is 17.0. The van der Waals surface area contributed by atoms with Gasteiger partial charge in [-0.05, 0) is 95.7 Å². The van der Waals surface area contributed by atoms with E-state index in [9.17, 15) is 0 Å². The number of rotatable bonds is 2. The Labute approximate surface area is 284 Å². The van der Waals surface area contributed by atoms with Crippen molar-refractivity contribution in [1.29, 1.82) is 0 Å². The fraction of sp³-hybridized carbons (Fsp3) is 0. The van der Waals surface area contributed by atoms with E-state index in [0.29, 0.717) is 0 Å². The Kier molecular flexibility index (Phi) is 4.94. The summed E-state index contributed by atoms with van der Waals surface area (Å²) in [6.07, 6.45) is 0. The fourth-order valence-corrected chi connectivity index (χ4v) is 8.61. The third kappa shape index (κ3) is 3.34. The Balaban J connectivity index is 1.13. The maximum Gasteiger partial charge on any atom is 0.136 e. The molecule has 4 aromatic heterocycles. The van der Waals surface area contributed by atoms with Crippen LogP contribution in [0.5, 0.6) is 0 Å². The molecule has 12 rings (SSSR count). The molecule has 0 amide bonds. The Bertz CT molecular complexity index is 3050. The molecule has 232 valence electrons. The number of aromatic nitrogens is 2. The Morgan fingerprint density at radius 3 is 1.00 bits per heavy atom. The van der Waals surface area contributed by atoms with Gasteiger partial charge < -0.3 is 18.0 Å². The number of nitrogens with zero attached hydrogens (tertiary/aromatic N) is 2. The fourth-order valence-electron chi connectivity index (χ4n) is 8.61. The lowest BCUT2D eigenvalue weighted by Crippen LogP contribution is -1.93. The molecule has 0 saturated carbocycles. The van der Waals surface area contributed by atoms with Crippen molar-refractivity contribution in [1.82, 2.24) is 9.13 Å². The molecule has 8 aromatic carbocycles. The molecule has 4 nitrogen and oxygen atoms in total. The maximum absolute atomic E-state index is 6.50. The summed E-state index contributed by atoms with van der Waals surface area (Å²) in [5.74, 6) is 0.